The lowest BCUT2D eigenvalue weighted by molar-refractivity contribution is -0.0561. The molecule has 1 aromatic rings. The summed E-state index contributed by atoms with van der Waals surface area (Å²) >= 11 is 7.31. The van der Waals surface area contributed by atoms with Crippen LogP contribution in [0, 0.1) is 5.92 Å². The maximum Gasteiger partial charge on any atom is 0.248 e. The molecule has 1 aliphatic carbocycles. The molecule has 2 rings (SSSR count). The largest absolute Gasteiger partial charge is 0.327 e. The van der Waals surface area contributed by atoms with E-state index in [0.717, 1.165) is 15.6 Å². The summed E-state index contributed by atoms with van der Waals surface area (Å²) in [6, 6.07) is 3.56. The van der Waals surface area contributed by atoms with Gasteiger partial charge in [-0.25, -0.2) is 8.78 Å². The highest BCUT2D eigenvalue weighted by Gasteiger charge is 2.38. The van der Waals surface area contributed by atoms with Gasteiger partial charge in [-0.05, 0) is 37.3 Å². The zero-order valence-corrected chi connectivity index (χ0v) is 11.0. The summed E-state index contributed by atoms with van der Waals surface area (Å²) in [6.07, 6.45) is 2.00. The molecule has 0 bridgehead atoms. The second-order valence-corrected chi connectivity index (χ2v) is 6.59. The zero-order valence-electron chi connectivity index (χ0n) is 9.46. The summed E-state index contributed by atoms with van der Waals surface area (Å²) in [5.74, 6) is -2.59. The second-order valence-electron chi connectivity index (χ2n) is 4.79. The first-order chi connectivity index (χ1) is 7.96. The van der Waals surface area contributed by atoms with E-state index in [2.05, 4.69) is 0 Å². The molecule has 1 saturated carbocycles. The highest BCUT2D eigenvalue weighted by Crippen LogP contribution is 2.38. The normalized spacial score (nSPS) is 25.8. The molecular weight excluding hydrogens is 264 g/mol. The fraction of sp³-hybridized carbons (Fsp3) is 0.667. The Balaban J connectivity index is 1.93. The van der Waals surface area contributed by atoms with E-state index in [1.165, 1.54) is 11.3 Å². The predicted molar refractivity (Wildman–Crippen MR) is 67.9 cm³/mol. The third kappa shape index (κ3) is 3.63. The predicted octanol–water partition coefficient (Wildman–Crippen LogP) is 4.10. The van der Waals surface area contributed by atoms with Gasteiger partial charge in [-0.3, -0.25) is 0 Å². The van der Waals surface area contributed by atoms with Gasteiger partial charge in [-0.2, -0.15) is 0 Å². The summed E-state index contributed by atoms with van der Waals surface area (Å²) in [5.41, 5.74) is 6.04. The average Bonchev–Trinajstić information content (AvgIpc) is 2.62. The van der Waals surface area contributed by atoms with E-state index in [-0.39, 0.29) is 24.8 Å². The molecule has 2 N–H and O–H groups in total. The van der Waals surface area contributed by atoms with E-state index in [4.69, 9.17) is 17.3 Å². The average molecular weight is 280 g/mol. The minimum Gasteiger partial charge on any atom is -0.327 e. The lowest BCUT2D eigenvalue weighted by Crippen LogP contribution is -2.38. The molecule has 1 nitrogen and oxygen atoms in total. The summed E-state index contributed by atoms with van der Waals surface area (Å²) in [6.45, 7) is 0. The minimum atomic E-state index is -2.52. The molecule has 2 unspecified atom stereocenters. The third-order valence-electron chi connectivity index (χ3n) is 3.35. The van der Waals surface area contributed by atoms with Crippen LogP contribution in [0.3, 0.4) is 0 Å². The fourth-order valence-electron chi connectivity index (χ4n) is 2.44. The van der Waals surface area contributed by atoms with E-state index in [0.29, 0.717) is 12.8 Å². The van der Waals surface area contributed by atoms with Crippen molar-refractivity contribution in [3.05, 3.63) is 21.3 Å². The SMILES string of the molecule is NC(Cc1ccc(Cl)s1)C1CCCC(F)(F)C1. The van der Waals surface area contributed by atoms with Gasteiger partial charge in [0.05, 0.1) is 4.34 Å². The molecule has 0 spiro atoms. The number of alkyl halides is 2. The topological polar surface area (TPSA) is 26.0 Å². The quantitative estimate of drug-likeness (QED) is 0.886. The number of halogens is 3. The van der Waals surface area contributed by atoms with Gasteiger partial charge in [0.15, 0.2) is 0 Å². The first-order valence-electron chi connectivity index (χ1n) is 5.84. The number of thiophene rings is 1. The van der Waals surface area contributed by atoms with E-state index >= 15 is 0 Å². The van der Waals surface area contributed by atoms with Crippen molar-refractivity contribution >= 4 is 22.9 Å². The molecule has 0 aromatic carbocycles. The first-order valence-corrected chi connectivity index (χ1v) is 7.03. The Hall–Kier alpha value is -0.190. The number of hydrogen-bond donors (Lipinski definition) is 1. The molecule has 0 amide bonds. The zero-order chi connectivity index (χ0) is 12.5. The summed E-state index contributed by atoms with van der Waals surface area (Å²) in [5, 5.41) is 0. The van der Waals surface area contributed by atoms with Crippen LogP contribution >= 0.6 is 22.9 Å². The molecule has 5 heteroatoms. The minimum absolute atomic E-state index is 0.0149. The van der Waals surface area contributed by atoms with Gasteiger partial charge in [0, 0.05) is 23.8 Å². The molecule has 2 atom stereocenters. The Morgan fingerprint density at radius 2 is 2.29 bits per heavy atom. The first kappa shape index (κ1) is 13.2. The fourth-order valence-corrected chi connectivity index (χ4v) is 3.60. The van der Waals surface area contributed by atoms with Gasteiger partial charge in [-0.15, -0.1) is 11.3 Å². The van der Waals surface area contributed by atoms with Crippen LogP contribution in [0.4, 0.5) is 8.78 Å². The van der Waals surface area contributed by atoms with Crippen LogP contribution in [-0.4, -0.2) is 12.0 Å². The van der Waals surface area contributed by atoms with Crippen molar-refractivity contribution in [2.45, 2.75) is 44.1 Å². The van der Waals surface area contributed by atoms with Crippen molar-refractivity contribution in [1.82, 2.24) is 0 Å². The molecule has 0 saturated heterocycles. The molecule has 0 aliphatic heterocycles. The van der Waals surface area contributed by atoms with Gasteiger partial charge in [0.2, 0.25) is 5.92 Å². The molecule has 1 aliphatic rings. The summed E-state index contributed by atoms with van der Waals surface area (Å²) < 4.78 is 27.3. The summed E-state index contributed by atoms with van der Waals surface area (Å²) in [4.78, 5) is 1.08. The molecule has 1 heterocycles. The van der Waals surface area contributed by atoms with Crippen molar-refractivity contribution in [2.24, 2.45) is 11.7 Å². The van der Waals surface area contributed by atoms with Crippen molar-refractivity contribution in [3.8, 4) is 0 Å². The maximum atomic E-state index is 13.3. The van der Waals surface area contributed by atoms with Crippen molar-refractivity contribution < 1.29 is 8.78 Å². The lowest BCUT2D eigenvalue weighted by Gasteiger charge is -2.32. The van der Waals surface area contributed by atoms with Crippen LogP contribution in [-0.2, 0) is 6.42 Å². The Morgan fingerprint density at radius 3 is 2.88 bits per heavy atom. The van der Waals surface area contributed by atoms with Gasteiger partial charge in [0.1, 0.15) is 0 Å². The van der Waals surface area contributed by atoms with Gasteiger partial charge < -0.3 is 5.73 Å². The molecular formula is C12H16ClF2NS. The van der Waals surface area contributed by atoms with E-state index in [1.807, 2.05) is 12.1 Å². The molecule has 0 radical (unpaired) electrons. The van der Waals surface area contributed by atoms with Crippen LogP contribution in [0.1, 0.15) is 30.6 Å². The van der Waals surface area contributed by atoms with Crippen molar-refractivity contribution in [3.63, 3.8) is 0 Å². The summed E-state index contributed by atoms with van der Waals surface area (Å²) in [7, 11) is 0. The molecule has 96 valence electrons. The van der Waals surface area contributed by atoms with Crippen LogP contribution in [0.15, 0.2) is 12.1 Å². The highest BCUT2D eigenvalue weighted by atomic mass is 35.5. The second kappa shape index (κ2) is 5.21. The Bertz CT molecular complexity index is 380. The lowest BCUT2D eigenvalue weighted by atomic mass is 9.81. The Labute approximate surface area is 109 Å². The third-order valence-corrected chi connectivity index (χ3v) is 4.60. The van der Waals surface area contributed by atoms with Gasteiger partial charge >= 0.3 is 0 Å². The number of rotatable bonds is 3. The van der Waals surface area contributed by atoms with Gasteiger partial charge in [0.25, 0.3) is 0 Å². The highest BCUT2D eigenvalue weighted by molar-refractivity contribution is 7.16. The van der Waals surface area contributed by atoms with E-state index in [9.17, 15) is 8.78 Å². The Morgan fingerprint density at radius 1 is 1.53 bits per heavy atom. The number of nitrogens with two attached hydrogens (primary N) is 1. The van der Waals surface area contributed by atoms with E-state index < -0.39 is 5.92 Å². The van der Waals surface area contributed by atoms with Crippen LogP contribution in [0.25, 0.3) is 0 Å². The van der Waals surface area contributed by atoms with Crippen LogP contribution in [0.5, 0.6) is 0 Å². The molecule has 17 heavy (non-hydrogen) atoms. The van der Waals surface area contributed by atoms with Crippen LogP contribution < -0.4 is 5.73 Å². The molecule has 1 fully saturated rings. The number of hydrogen-bond acceptors (Lipinski definition) is 2. The van der Waals surface area contributed by atoms with Crippen LogP contribution in [0.2, 0.25) is 4.34 Å². The van der Waals surface area contributed by atoms with Gasteiger partial charge in [-0.1, -0.05) is 11.6 Å². The van der Waals surface area contributed by atoms with E-state index in [1.54, 1.807) is 0 Å². The van der Waals surface area contributed by atoms with Crippen molar-refractivity contribution in [1.29, 1.82) is 0 Å². The van der Waals surface area contributed by atoms with Crippen molar-refractivity contribution in [2.75, 3.05) is 0 Å². The monoisotopic (exact) mass is 279 g/mol. The maximum absolute atomic E-state index is 13.3. The standard InChI is InChI=1S/C12H16ClF2NS/c13-11-4-3-9(17-11)6-10(16)8-2-1-5-12(14,15)7-8/h3-4,8,10H,1-2,5-7,16H2. The molecule has 1 aromatic heterocycles. The Kier molecular flexibility index (Phi) is 4.06. The smallest absolute Gasteiger partial charge is 0.248 e.